The van der Waals surface area contributed by atoms with Gasteiger partial charge in [-0.15, -0.1) is 0 Å². The van der Waals surface area contributed by atoms with Crippen molar-refractivity contribution in [1.29, 1.82) is 0 Å². The van der Waals surface area contributed by atoms with Crippen LogP contribution >= 0.6 is 0 Å². The molecule has 1 fully saturated rings. The van der Waals surface area contributed by atoms with Crippen molar-refractivity contribution in [1.82, 2.24) is 20.0 Å². The van der Waals surface area contributed by atoms with Gasteiger partial charge in [-0.05, 0) is 40.1 Å². The quantitative estimate of drug-likeness (QED) is 0.858. The Bertz CT molecular complexity index is 377. The molecule has 18 heavy (non-hydrogen) atoms. The first-order valence-electron chi connectivity index (χ1n) is 6.92. The Morgan fingerprint density at radius 1 is 1.44 bits per heavy atom. The van der Waals surface area contributed by atoms with Gasteiger partial charge in [0.1, 0.15) is 0 Å². The van der Waals surface area contributed by atoms with Gasteiger partial charge in [-0.3, -0.25) is 4.68 Å². The molecule has 0 spiro atoms. The third-order valence-electron chi connectivity index (χ3n) is 4.54. The number of aryl methyl sites for hydroxylation is 1. The van der Waals surface area contributed by atoms with E-state index in [2.05, 4.69) is 42.5 Å². The second-order valence-electron chi connectivity index (χ2n) is 5.73. The summed E-state index contributed by atoms with van der Waals surface area (Å²) in [5, 5.41) is 8.05. The van der Waals surface area contributed by atoms with Gasteiger partial charge in [0.2, 0.25) is 0 Å². The van der Waals surface area contributed by atoms with Gasteiger partial charge in [0, 0.05) is 31.2 Å². The number of rotatable bonds is 5. The summed E-state index contributed by atoms with van der Waals surface area (Å²) in [7, 11) is 8.49. The number of hydrogen-bond acceptors (Lipinski definition) is 3. The van der Waals surface area contributed by atoms with E-state index in [4.69, 9.17) is 0 Å². The minimum Gasteiger partial charge on any atom is -0.315 e. The lowest BCUT2D eigenvalue weighted by Gasteiger charge is -2.43. The monoisotopic (exact) mass is 250 g/mol. The van der Waals surface area contributed by atoms with E-state index in [9.17, 15) is 0 Å². The molecule has 4 heteroatoms. The Morgan fingerprint density at radius 2 is 2.11 bits per heavy atom. The van der Waals surface area contributed by atoms with Crippen molar-refractivity contribution in [2.75, 3.05) is 21.1 Å². The van der Waals surface area contributed by atoms with Crippen LogP contribution in [0.15, 0.2) is 12.3 Å². The highest BCUT2D eigenvalue weighted by Gasteiger charge is 2.42. The summed E-state index contributed by atoms with van der Waals surface area (Å²) in [4.78, 5) is 2.42. The lowest BCUT2D eigenvalue weighted by atomic mass is 9.84. The van der Waals surface area contributed by atoms with E-state index in [1.54, 1.807) is 0 Å². The molecular formula is C14H26N4. The summed E-state index contributed by atoms with van der Waals surface area (Å²) in [5.41, 5.74) is 1.48. The van der Waals surface area contributed by atoms with Crippen LogP contribution in [0, 0.1) is 0 Å². The van der Waals surface area contributed by atoms with Gasteiger partial charge >= 0.3 is 0 Å². The van der Waals surface area contributed by atoms with E-state index in [0.29, 0.717) is 11.6 Å². The van der Waals surface area contributed by atoms with Crippen LogP contribution in [0.3, 0.4) is 0 Å². The Labute approximate surface area is 110 Å². The normalized spacial score (nSPS) is 20.5. The fourth-order valence-electron chi connectivity index (χ4n) is 3.44. The van der Waals surface area contributed by atoms with Crippen LogP contribution in [0.2, 0.25) is 0 Å². The van der Waals surface area contributed by atoms with E-state index in [0.717, 1.165) is 6.42 Å². The van der Waals surface area contributed by atoms with E-state index in [1.807, 2.05) is 17.9 Å². The number of likely N-dealkylation sites (N-methyl/N-ethyl adjacent to an activating group) is 2. The summed E-state index contributed by atoms with van der Waals surface area (Å²) in [6, 6.07) is 2.60. The summed E-state index contributed by atoms with van der Waals surface area (Å²) in [6.07, 6.45) is 8.31. The minimum absolute atomic E-state index is 0.298. The Hall–Kier alpha value is -0.870. The van der Waals surface area contributed by atoms with E-state index >= 15 is 0 Å². The molecule has 0 aromatic carbocycles. The Kier molecular flexibility index (Phi) is 4.07. The smallest absolute Gasteiger partial charge is 0.0640 e. The van der Waals surface area contributed by atoms with Crippen molar-refractivity contribution in [2.24, 2.45) is 7.05 Å². The zero-order chi connectivity index (χ0) is 13.2. The molecule has 0 saturated heterocycles. The molecule has 1 aliphatic carbocycles. The fourth-order valence-corrected chi connectivity index (χ4v) is 3.44. The molecule has 1 aromatic rings. The molecule has 1 aromatic heterocycles. The summed E-state index contributed by atoms with van der Waals surface area (Å²) in [6.45, 7) is 0. The van der Waals surface area contributed by atoms with Crippen LogP contribution in [0.1, 0.15) is 31.4 Å². The first-order chi connectivity index (χ1) is 8.58. The third-order valence-corrected chi connectivity index (χ3v) is 4.54. The summed E-state index contributed by atoms with van der Waals surface area (Å²) >= 11 is 0. The maximum Gasteiger partial charge on any atom is 0.0640 e. The molecule has 4 nitrogen and oxygen atoms in total. The molecule has 0 amide bonds. The van der Waals surface area contributed by atoms with Crippen LogP contribution < -0.4 is 5.32 Å². The summed E-state index contributed by atoms with van der Waals surface area (Å²) < 4.78 is 1.89. The average molecular weight is 250 g/mol. The fraction of sp³-hybridized carbons (Fsp3) is 0.786. The van der Waals surface area contributed by atoms with Crippen LogP contribution in [0.4, 0.5) is 0 Å². The number of nitrogens with zero attached hydrogens (tertiary/aromatic N) is 3. The Balaban J connectivity index is 2.16. The lowest BCUT2D eigenvalue weighted by Crippen LogP contribution is -2.57. The zero-order valence-electron chi connectivity index (χ0n) is 12.1. The highest BCUT2D eigenvalue weighted by atomic mass is 15.3. The van der Waals surface area contributed by atoms with Crippen molar-refractivity contribution in [3.63, 3.8) is 0 Å². The molecule has 1 saturated carbocycles. The van der Waals surface area contributed by atoms with E-state index in [-0.39, 0.29) is 0 Å². The van der Waals surface area contributed by atoms with Gasteiger partial charge in [-0.1, -0.05) is 12.8 Å². The van der Waals surface area contributed by atoms with Crippen LogP contribution in [0.5, 0.6) is 0 Å². The average Bonchev–Trinajstić information content (AvgIpc) is 2.95. The first kappa shape index (κ1) is 13.6. The van der Waals surface area contributed by atoms with Gasteiger partial charge in [-0.2, -0.15) is 5.10 Å². The second kappa shape index (κ2) is 5.41. The second-order valence-corrected chi connectivity index (χ2v) is 5.73. The molecule has 1 unspecified atom stereocenters. The van der Waals surface area contributed by atoms with Crippen LogP contribution in [-0.4, -0.2) is 47.4 Å². The van der Waals surface area contributed by atoms with Crippen molar-refractivity contribution in [2.45, 2.75) is 43.7 Å². The van der Waals surface area contributed by atoms with Gasteiger partial charge in [0.15, 0.2) is 0 Å². The van der Waals surface area contributed by atoms with Crippen molar-refractivity contribution < 1.29 is 0 Å². The Morgan fingerprint density at radius 3 is 2.56 bits per heavy atom. The first-order valence-corrected chi connectivity index (χ1v) is 6.92. The van der Waals surface area contributed by atoms with Crippen molar-refractivity contribution >= 4 is 0 Å². The largest absolute Gasteiger partial charge is 0.315 e. The molecule has 2 rings (SSSR count). The maximum atomic E-state index is 4.52. The van der Waals surface area contributed by atoms with E-state index in [1.165, 1.54) is 31.4 Å². The maximum absolute atomic E-state index is 4.52. The van der Waals surface area contributed by atoms with Crippen LogP contribution in [-0.2, 0) is 13.5 Å². The molecule has 1 heterocycles. The lowest BCUT2D eigenvalue weighted by molar-refractivity contribution is 0.108. The highest BCUT2D eigenvalue weighted by Crippen LogP contribution is 2.37. The molecule has 1 aliphatic rings. The third kappa shape index (κ3) is 2.45. The minimum atomic E-state index is 0.298. The van der Waals surface area contributed by atoms with Gasteiger partial charge in [0.25, 0.3) is 0 Å². The van der Waals surface area contributed by atoms with E-state index < -0.39 is 0 Å². The molecule has 1 N–H and O–H groups in total. The molecule has 0 bridgehead atoms. The number of nitrogens with one attached hydrogen (secondary N) is 1. The highest BCUT2D eigenvalue weighted by molar-refractivity contribution is 5.09. The van der Waals surface area contributed by atoms with Crippen molar-refractivity contribution in [3.05, 3.63) is 18.0 Å². The molecule has 1 atom stereocenters. The predicted molar refractivity (Wildman–Crippen MR) is 74.6 cm³/mol. The van der Waals surface area contributed by atoms with Gasteiger partial charge in [-0.25, -0.2) is 0 Å². The van der Waals surface area contributed by atoms with Crippen molar-refractivity contribution in [3.8, 4) is 0 Å². The van der Waals surface area contributed by atoms with Gasteiger partial charge < -0.3 is 10.2 Å². The molecule has 102 valence electrons. The standard InChI is InChI=1S/C14H26N4/c1-15-13(11-12-7-10-18(4)16-12)14(17(2)3)8-5-6-9-14/h7,10,13,15H,5-6,8-9,11H2,1-4H3. The van der Waals surface area contributed by atoms with Gasteiger partial charge in [0.05, 0.1) is 5.69 Å². The number of hydrogen-bond donors (Lipinski definition) is 1. The topological polar surface area (TPSA) is 33.1 Å². The molecule has 0 radical (unpaired) electrons. The zero-order valence-corrected chi connectivity index (χ0v) is 12.1. The SMILES string of the molecule is CNC(Cc1ccn(C)n1)C1(N(C)C)CCCC1. The molecular weight excluding hydrogens is 224 g/mol. The summed E-state index contributed by atoms with van der Waals surface area (Å²) in [5.74, 6) is 0. The number of aromatic nitrogens is 2. The van der Waals surface area contributed by atoms with Crippen LogP contribution in [0.25, 0.3) is 0 Å². The molecule has 0 aliphatic heterocycles. The predicted octanol–water partition coefficient (Wildman–Crippen LogP) is 1.42.